The van der Waals surface area contributed by atoms with E-state index in [0.29, 0.717) is 31.3 Å². The molecule has 0 fully saturated rings. The Morgan fingerprint density at radius 3 is 2.29 bits per heavy atom. The monoisotopic (exact) mass is 284 g/mol. The fraction of sp³-hybridized carbons (Fsp3) is 0.900. The minimum Gasteiger partial charge on any atom is -0.300 e. The van der Waals surface area contributed by atoms with E-state index in [2.05, 4.69) is 5.16 Å². The Balaban J connectivity index is 4.72. The molecule has 0 spiro atoms. The van der Waals surface area contributed by atoms with E-state index < -0.39 is 7.75 Å². The first kappa shape index (κ1) is 16.9. The van der Waals surface area contributed by atoms with Gasteiger partial charge in [-0.15, -0.1) is 0 Å². The van der Waals surface area contributed by atoms with Gasteiger partial charge in [0.25, 0.3) is 0 Å². The first-order valence-corrected chi connectivity index (χ1v) is 7.82. The third-order valence-corrected chi connectivity index (χ3v) is 4.46. The van der Waals surface area contributed by atoms with Gasteiger partial charge in [0.05, 0.1) is 6.61 Å². The van der Waals surface area contributed by atoms with Crippen molar-refractivity contribution in [1.29, 1.82) is 0 Å². The van der Waals surface area contributed by atoms with Crippen molar-refractivity contribution in [3.05, 3.63) is 0 Å². The summed E-state index contributed by atoms with van der Waals surface area (Å²) in [5, 5.41) is 3.98. The van der Waals surface area contributed by atoms with E-state index in [9.17, 15) is 4.57 Å². The number of oxime groups is 1. The molecular weight excluding hydrogens is 263 g/mol. The molecule has 0 saturated carbocycles. The maximum absolute atomic E-state index is 12.4. The second-order valence-electron chi connectivity index (χ2n) is 3.32. The summed E-state index contributed by atoms with van der Waals surface area (Å²) < 4.78 is 24.2. The minimum atomic E-state index is -3.35. The fourth-order valence-corrected chi connectivity index (χ4v) is 3.04. The summed E-state index contributed by atoms with van der Waals surface area (Å²) in [6.07, 6.45) is 1.46. The van der Waals surface area contributed by atoms with Crippen molar-refractivity contribution in [3.8, 4) is 0 Å². The van der Waals surface area contributed by atoms with Crippen molar-refractivity contribution in [3.63, 3.8) is 0 Å². The van der Waals surface area contributed by atoms with Crippen molar-refractivity contribution in [1.82, 2.24) is 4.67 Å². The van der Waals surface area contributed by atoms with Crippen LogP contribution in [0.5, 0.6) is 0 Å². The summed E-state index contributed by atoms with van der Waals surface area (Å²) >= 11 is 5.81. The van der Waals surface area contributed by atoms with Gasteiger partial charge >= 0.3 is 7.75 Å². The molecule has 0 aromatic rings. The SMILES string of the molecule is CCCC(Cl)=NOP(=O)(OCC)N(CC)CC. The predicted octanol–water partition coefficient (Wildman–Crippen LogP) is 3.84. The van der Waals surface area contributed by atoms with Gasteiger partial charge < -0.3 is 4.62 Å². The maximum Gasteiger partial charge on any atom is 0.481 e. The number of nitrogens with zero attached hydrogens (tertiary/aromatic N) is 2. The molecule has 102 valence electrons. The van der Waals surface area contributed by atoms with Crippen LogP contribution in [0, 0.1) is 0 Å². The molecule has 17 heavy (non-hydrogen) atoms. The van der Waals surface area contributed by atoms with Crippen LogP contribution in [0.15, 0.2) is 5.16 Å². The van der Waals surface area contributed by atoms with Gasteiger partial charge in [-0.1, -0.05) is 37.5 Å². The van der Waals surface area contributed by atoms with Crippen LogP contribution in [-0.4, -0.2) is 29.5 Å². The normalized spacial score (nSPS) is 16.0. The number of hydrogen-bond acceptors (Lipinski definition) is 4. The molecule has 0 radical (unpaired) electrons. The van der Waals surface area contributed by atoms with E-state index in [0.717, 1.165) is 6.42 Å². The fourth-order valence-electron chi connectivity index (χ4n) is 1.24. The molecule has 0 heterocycles. The van der Waals surface area contributed by atoms with Crippen molar-refractivity contribution in [2.45, 2.75) is 40.5 Å². The average molecular weight is 285 g/mol. The van der Waals surface area contributed by atoms with E-state index in [1.54, 1.807) is 11.6 Å². The largest absolute Gasteiger partial charge is 0.481 e. The first-order valence-electron chi connectivity index (χ1n) is 5.95. The van der Waals surface area contributed by atoms with Crippen LogP contribution in [0.1, 0.15) is 40.5 Å². The van der Waals surface area contributed by atoms with Crippen LogP contribution in [0.25, 0.3) is 0 Å². The van der Waals surface area contributed by atoms with Gasteiger partial charge in [-0.25, -0.2) is 4.57 Å². The van der Waals surface area contributed by atoms with Crippen LogP contribution in [0.2, 0.25) is 0 Å². The Kier molecular flexibility index (Phi) is 8.88. The van der Waals surface area contributed by atoms with Crippen molar-refractivity contribution >= 4 is 24.5 Å². The van der Waals surface area contributed by atoms with Crippen molar-refractivity contribution in [2.75, 3.05) is 19.7 Å². The molecule has 1 unspecified atom stereocenters. The smallest absolute Gasteiger partial charge is 0.300 e. The Bertz CT molecular complexity index is 283. The minimum absolute atomic E-state index is 0.300. The highest BCUT2D eigenvalue weighted by Crippen LogP contribution is 2.51. The molecule has 7 heteroatoms. The lowest BCUT2D eigenvalue weighted by Crippen LogP contribution is -2.21. The van der Waals surface area contributed by atoms with E-state index in [1.807, 2.05) is 20.8 Å². The van der Waals surface area contributed by atoms with Gasteiger partial charge in [0.1, 0.15) is 5.17 Å². The zero-order valence-corrected chi connectivity index (χ0v) is 12.6. The topological polar surface area (TPSA) is 51.1 Å². The second-order valence-corrected chi connectivity index (χ2v) is 5.69. The highest BCUT2D eigenvalue weighted by molar-refractivity contribution is 7.51. The molecule has 5 nitrogen and oxygen atoms in total. The molecule has 0 aromatic heterocycles. The Hall–Kier alpha value is -0.0900. The highest BCUT2D eigenvalue weighted by atomic mass is 35.5. The highest BCUT2D eigenvalue weighted by Gasteiger charge is 2.33. The van der Waals surface area contributed by atoms with Crippen LogP contribution in [0.4, 0.5) is 0 Å². The zero-order chi connectivity index (χ0) is 13.3. The second kappa shape index (κ2) is 8.92. The molecule has 0 aliphatic heterocycles. The number of rotatable bonds is 9. The lowest BCUT2D eigenvalue weighted by atomic mass is 10.4. The van der Waals surface area contributed by atoms with Gasteiger partial charge in [0, 0.05) is 19.5 Å². The van der Waals surface area contributed by atoms with Crippen LogP contribution >= 0.6 is 19.3 Å². The Morgan fingerprint density at radius 2 is 1.88 bits per heavy atom. The zero-order valence-electron chi connectivity index (χ0n) is 11.0. The summed E-state index contributed by atoms with van der Waals surface area (Å²) in [4.78, 5) is 0. The molecule has 0 bridgehead atoms. The van der Waals surface area contributed by atoms with Gasteiger partial charge in [-0.05, 0) is 13.3 Å². The van der Waals surface area contributed by atoms with E-state index in [-0.39, 0.29) is 0 Å². The summed E-state index contributed by atoms with van der Waals surface area (Å²) in [5.74, 6) is 0. The van der Waals surface area contributed by atoms with E-state index >= 15 is 0 Å². The molecule has 1 atom stereocenters. The van der Waals surface area contributed by atoms with Gasteiger partial charge in [-0.3, -0.25) is 4.52 Å². The van der Waals surface area contributed by atoms with Crippen LogP contribution in [-0.2, 0) is 13.7 Å². The summed E-state index contributed by atoms with van der Waals surface area (Å²) in [5.41, 5.74) is 0. The van der Waals surface area contributed by atoms with Gasteiger partial charge in [0.2, 0.25) is 0 Å². The Labute approximate surface area is 109 Å². The number of halogens is 1. The number of hydrogen-bond donors (Lipinski definition) is 0. The quantitative estimate of drug-likeness (QED) is 0.367. The molecule has 0 saturated heterocycles. The lowest BCUT2D eigenvalue weighted by Gasteiger charge is -2.25. The summed E-state index contributed by atoms with van der Waals surface area (Å²) in [6.45, 7) is 8.94. The van der Waals surface area contributed by atoms with Gasteiger partial charge in [0.15, 0.2) is 0 Å². The molecule has 0 amide bonds. The van der Waals surface area contributed by atoms with Gasteiger partial charge in [-0.2, -0.15) is 4.67 Å². The van der Waals surface area contributed by atoms with Crippen LogP contribution < -0.4 is 0 Å². The average Bonchev–Trinajstić information content (AvgIpc) is 2.29. The third-order valence-electron chi connectivity index (χ3n) is 2.07. The molecule has 0 rings (SSSR count). The summed E-state index contributed by atoms with van der Waals surface area (Å²) in [6, 6.07) is 0. The third kappa shape index (κ3) is 5.87. The van der Waals surface area contributed by atoms with E-state index in [4.69, 9.17) is 20.7 Å². The van der Waals surface area contributed by atoms with E-state index in [1.165, 1.54) is 0 Å². The molecule has 0 aliphatic rings. The Morgan fingerprint density at radius 1 is 1.29 bits per heavy atom. The van der Waals surface area contributed by atoms with Crippen LogP contribution in [0.3, 0.4) is 0 Å². The standard InChI is InChI=1S/C10H22ClN2O3P/c1-5-9-10(11)12-16-17(14,15-8-4)13(6-2)7-3/h5-9H2,1-4H3. The molecule has 0 N–H and O–H groups in total. The van der Waals surface area contributed by atoms with Crippen molar-refractivity contribution in [2.24, 2.45) is 5.16 Å². The first-order chi connectivity index (χ1) is 8.03. The lowest BCUT2D eigenvalue weighted by molar-refractivity contribution is 0.170. The molecule has 0 aromatic carbocycles. The predicted molar refractivity (Wildman–Crippen MR) is 71.4 cm³/mol. The summed E-state index contributed by atoms with van der Waals surface area (Å²) in [7, 11) is -3.35. The maximum atomic E-state index is 12.4. The van der Waals surface area contributed by atoms with Crippen molar-refractivity contribution < 1.29 is 13.7 Å². The molecular formula is C10H22ClN2O3P. The molecule has 0 aliphatic carbocycles.